The number of rotatable bonds is 2. The minimum atomic E-state index is -0.702. The maximum Gasteiger partial charge on any atom is 0.230 e. The molecule has 1 aromatic carbocycles. The highest BCUT2D eigenvalue weighted by molar-refractivity contribution is 5.55. The van der Waals surface area contributed by atoms with E-state index in [-0.39, 0.29) is 12.0 Å². The molecule has 6 heteroatoms. The van der Waals surface area contributed by atoms with Gasteiger partial charge in [0.15, 0.2) is 11.6 Å². The van der Waals surface area contributed by atoms with Crippen LogP contribution in [-0.2, 0) is 0 Å². The molecule has 1 heterocycles. The molecule has 2 atom stereocenters. The average molecular weight is 263 g/mol. The molecule has 0 spiro atoms. The van der Waals surface area contributed by atoms with Gasteiger partial charge >= 0.3 is 0 Å². The minimum Gasteiger partial charge on any atom is -0.505 e. The Bertz CT molecular complexity index is 599. The number of halogens is 1. The maximum absolute atomic E-state index is 13.3. The molecule has 100 valence electrons. The van der Waals surface area contributed by atoms with Crippen molar-refractivity contribution in [1.82, 2.24) is 10.1 Å². The van der Waals surface area contributed by atoms with Gasteiger partial charge in [-0.25, -0.2) is 4.39 Å². The second kappa shape index (κ2) is 4.62. The van der Waals surface area contributed by atoms with Crippen LogP contribution in [0.3, 0.4) is 0 Å². The van der Waals surface area contributed by atoms with Crippen LogP contribution in [0.1, 0.15) is 31.1 Å². The average Bonchev–Trinajstić information content (AvgIpc) is 3.01. The summed E-state index contributed by atoms with van der Waals surface area (Å²) >= 11 is 0. The second-order valence-corrected chi connectivity index (χ2v) is 4.89. The number of nitrogens with zero attached hydrogens (tertiary/aromatic N) is 2. The van der Waals surface area contributed by atoms with Crippen LogP contribution in [-0.4, -0.2) is 21.3 Å². The number of aromatic nitrogens is 2. The van der Waals surface area contributed by atoms with Crippen LogP contribution in [0.15, 0.2) is 22.7 Å². The van der Waals surface area contributed by atoms with Crippen molar-refractivity contribution in [2.75, 3.05) is 0 Å². The van der Waals surface area contributed by atoms with E-state index in [4.69, 9.17) is 15.4 Å². The van der Waals surface area contributed by atoms with Gasteiger partial charge in [0.2, 0.25) is 11.7 Å². The third-order valence-electron chi connectivity index (χ3n) is 3.47. The third kappa shape index (κ3) is 2.31. The molecule has 1 fully saturated rings. The Hall–Kier alpha value is -1.95. The van der Waals surface area contributed by atoms with E-state index < -0.39 is 11.6 Å². The van der Waals surface area contributed by atoms with Gasteiger partial charge in [0, 0.05) is 17.5 Å². The summed E-state index contributed by atoms with van der Waals surface area (Å²) in [5.41, 5.74) is 6.33. The fourth-order valence-corrected chi connectivity index (χ4v) is 2.40. The highest BCUT2D eigenvalue weighted by Crippen LogP contribution is 2.33. The van der Waals surface area contributed by atoms with E-state index in [2.05, 4.69) is 10.1 Å². The van der Waals surface area contributed by atoms with Crippen LogP contribution < -0.4 is 5.73 Å². The van der Waals surface area contributed by atoms with Crippen molar-refractivity contribution in [3.63, 3.8) is 0 Å². The van der Waals surface area contributed by atoms with Gasteiger partial charge in [0.05, 0.1) is 0 Å². The molecule has 0 bridgehead atoms. The largest absolute Gasteiger partial charge is 0.505 e. The summed E-state index contributed by atoms with van der Waals surface area (Å²) in [7, 11) is 0. The summed E-state index contributed by atoms with van der Waals surface area (Å²) in [6.45, 7) is 0. The molecular formula is C13H14FN3O2. The van der Waals surface area contributed by atoms with E-state index in [1.807, 2.05) is 0 Å². The first-order valence-electron chi connectivity index (χ1n) is 6.21. The summed E-state index contributed by atoms with van der Waals surface area (Å²) in [6.07, 6.45) is 2.73. The van der Waals surface area contributed by atoms with Gasteiger partial charge in [-0.1, -0.05) is 5.16 Å². The van der Waals surface area contributed by atoms with E-state index in [9.17, 15) is 4.39 Å². The molecular weight excluding hydrogens is 249 g/mol. The van der Waals surface area contributed by atoms with Crippen LogP contribution in [0.4, 0.5) is 4.39 Å². The molecule has 3 rings (SSSR count). The van der Waals surface area contributed by atoms with Crippen molar-refractivity contribution in [1.29, 1.82) is 0 Å². The number of nitrogens with two attached hydrogens (primary N) is 1. The van der Waals surface area contributed by atoms with E-state index in [0.717, 1.165) is 19.3 Å². The lowest BCUT2D eigenvalue weighted by atomic mass is 10.1. The predicted octanol–water partition coefficient (Wildman–Crippen LogP) is 2.18. The molecule has 1 aliphatic rings. The fourth-order valence-electron chi connectivity index (χ4n) is 2.40. The Morgan fingerprint density at radius 2 is 2.21 bits per heavy atom. The summed E-state index contributed by atoms with van der Waals surface area (Å²) in [6, 6.07) is 4.19. The Labute approximate surface area is 109 Å². The molecule has 0 saturated heterocycles. The molecule has 5 nitrogen and oxygen atoms in total. The molecule has 19 heavy (non-hydrogen) atoms. The molecule has 1 aromatic heterocycles. The topological polar surface area (TPSA) is 85.2 Å². The standard InChI is InChI=1S/C13H14FN3O2/c14-10-6-7(2-4-11(10)18)12-16-13(19-17-12)8-1-3-9(15)5-8/h2,4,6,8-9,18H,1,3,5,15H2. The SMILES string of the molecule is NC1CCC(c2nc(-c3ccc(O)c(F)c3)no2)C1. The zero-order valence-electron chi connectivity index (χ0n) is 10.2. The van der Waals surface area contributed by atoms with Crippen molar-refractivity contribution in [3.8, 4) is 17.1 Å². The van der Waals surface area contributed by atoms with Gasteiger partial charge in [0.1, 0.15) is 0 Å². The minimum absolute atomic E-state index is 0.187. The summed E-state index contributed by atoms with van der Waals surface area (Å²) in [5, 5.41) is 13.0. The predicted molar refractivity (Wildman–Crippen MR) is 65.9 cm³/mol. The van der Waals surface area contributed by atoms with E-state index in [0.29, 0.717) is 17.3 Å². The van der Waals surface area contributed by atoms with Gasteiger partial charge in [-0.05, 0) is 37.5 Å². The maximum atomic E-state index is 13.3. The van der Waals surface area contributed by atoms with Crippen LogP contribution >= 0.6 is 0 Å². The quantitative estimate of drug-likeness (QED) is 0.867. The van der Waals surface area contributed by atoms with Gasteiger partial charge < -0.3 is 15.4 Å². The zero-order chi connectivity index (χ0) is 13.4. The lowest BCUT2D eigenvalue weighted by molar-refractivity contribution is 0.353. The first-order chi connectivity index (χ1) is 9.13. The highest BCUT2D eigenvalue weighted by Gasteiger charge is 2.28. The molecule has 0 amide bonds. The van der Waals surface area contributed by atoms with Crippen molar-refractivity contribution in [2.24, 2.45) is 5.73 Å². The normalized spacial score (nSPS) is 22.8. The number of aromatic hydroxyl groups is 1. The number of phenolic OH excluding ortho intramolecular Hbond substituents is 1. The Kier molecular flexibility index (Phi) is 2.94. The summed E-state index contributed by atoms with van der Waals surface area (Å²) in [5.74, 6) is -0.0232. The molecule has 2 aromatic rings. The fraction of sp³-hybridized carbons (Fsp3) is 0.385. The summed E-state index contributed by atoms with van der Waals surface area (Å²) in [4.78, 5) is 4.29. The van der Waals surface area contributed by atoms with Crippen LogP contribution in [0.5, 0.6) is 5.75 Å². The monoisotopic (exact) mass is 263 g/mol. The van der Waals surface area contributed by atoms with Crippen molar-refractivity contribution < 1.29 is 14.0 Å². The Morgan fingerprint density at radius 3 is 2.89 bits per heavy atom. The molecule has 3 N–H and O–H groups in total. The van der Waals surface area contributed by atoms with E-state index >= 15 is 0 Å². The van der Waals surface area contributed by atoms with E-state index in [1.165, 1.54) is 12.1 Å². The lowest BCUT2D eigenvalue weighted by Gasteiger charge is -2.01. The first-order valence-corrected chi connectivity index (χ1v) is 6.21. The third-order valence-corrected chi connectivity index (χ3v) is 3.47. The lowest BCUT2D eigenvalue weighted by Crippen LogP contribution is -2.14. The molecule has 0 aliphatic heterocycles. The van der Waals surface area contributed by atoms with Gasteiger partial charge in [-0.3, -0.25) is 0 Å². The van der Waals surface area contributed by atoms with Crippen molar-refractivity contribution in [3.05, 3.63) is 29.9 Å². The number of phenols is 1. The highest BCUT2D eigenvalue weighted by atomic mass is 19.1. The second-order valence-electron chi connectivity index (χ2n) is 4.89. The zero-order valence-corrected chi connectivity index (χ0v) is 10.2. The number of hydrogen-bond acceptors (Lipinski definition) is 5. The Morgan fingerprint density at radius 1 is 1.37 bits per heavy atom. The van der Waals surface area contributed by atoms with Crippen molar-refractivity contribution >= 4 is 0 Å². The first kappa shape index (κ1) is 12.1. The van der Waals surface area contributed by atoms with E-state index in [1.54, 1.807) is 6.07 Å². The molecule has 0 radical (unpaired) electrons. The van der Waals surface area contributed by atoms with Crippen LogP contribution in [0.2, 0.25) is 0 Å². The smallest absolute Gasteiger partial charge is 0.230 e. The van der Waals surface area contributed by atoms with Crippen LogP contribution in [0, 0.1) is 5.82 Å². The molecule has 1 saturated carbocycles. The summed E-state index contributed by atoms with van der Waals surface area (Å²) < 4.78 is 18.5. The van der Waals surface area contributed by atoms with Gasteiger partial charge in [-0.15, -0.1) is 0 Å². The molecule has 1 aliphatic carbocycles. The van der Waals surface area contributed by atoms with Gasteiger partial charge in [0.25, 0.3) is 0 Å². The van der Waals surface area contributed by atoms with Crippen LogP contribution in [0.25, 0.3) is 11.4 Å². The number of benzene rings is 1. The number of hydrogen-bond donors (Lipinski definition) is 2. The van der Waals surface area contributed by atoms with Gasteiger partial charge in [-0.2, -0.15) is 4.98 Å². The Balaban J connectivity index is 1.86. The molecule has 2 unspecified atom stereocenters. The van der Waals surface area contributed by atoms with Crippen molar-refractivity contribution in [2.45, 2.75) is 31.2 Å².